The number of ether oxygens (including phenoxy) is 4. The molecule has 3 unspecified atom stereocenters. The minimum absolute atomic E-state index is 0.0532. The van der Waals surface area contributed by atoms with E-state index in [4.69, 9.17) is 14.2 Å². The van der Waals surface area contributed by atoms with Crippen molar-refractivity contribution in [3.8, 4) is 0 Å². The Labute approximate surface area is 296 Å². The van der Waals surface area contributed by atoms with Crippen LogP contribution in [-0.2, 0) is 38.1 Å². The van der Waals surface area contributed by atoms with Crippen LogP contribution in [0.15, 0.2) is 0 Å². The third-order valence-electron chi connectivity index (χ3n) is 11.1. The maximum Gasteiger partial charge on any atom is 0.437 e. The first kappa shape index (κ1) is 44.6. The average Bonchev–Trinajstić information content (AvgIpc) is 3.38. The van der Waals surface area contributed by atoms with Gasteiger partial charge in [-0.3, -0.25) is 14.4 Å². The van der Waals surface area contributed by atoms with Gasteiger partial charge in [0.05, 0.1) is 28.5 Å². The molecular formula is C36H56F6O9. The van der Waals surface area contributed by atoms with E-state index in [0.717, 1.165) is 32.1 Å². The van der Waals surface area contributed by atoms with Crippen LogP contribution >= 0.6 is 0 Å². The predicted molar refractivity (Wildman–Crippen MR) is 173 cm³/mol. The van der Waals surface area contributed by atoms with E-state index in [9.17, 15) is 50.6 Å². The van der Waals surface area contributed by atoms with E-state index in [2.05, 4.69) is 4.74 Å². The molecule has 296 valence electrons. The largest absolute Gasteiger partial charge is 0.463 e. The van der Waals surface area contributed by atoms with Gasteiger partial charge in [0.25, 0.3) is 5.60 Å². The summed E-state index contributed by atoms with van der Waals surface area (Å²) < 4.78 is 94.2. The number of carbonyl (C=O) groups is 4. The van der Waals surface area contributed by atoms with Gasteiger partial charge in [-0.25, -0.2) is 4.79 Å². The standard InChI is InChI=1S/C16H26O3.C10H14F6O2.C10H16O4/c1-4-14(2,3)13(17)19-16-8-11-5-12(9-16)7-15(18,6-11)10-16;1-5-7(2,3)6(17)18-8(4,9(11,12)13)10(14,15)16;1-4-10(2,3)9(12)14-7-5-6-13-8(7)11/h11-12,18H,4-10H2,1-3H3;5H2,1-4H3;7H,4-6H2,1-3H3. The number of hydrogen-bond acceptors (Lipinski definition) is 9. The zero-order valence-electron chi connectivity index (χ0n) is 31.5. The van der Waals surface area contributed by atoms with E-state index in [0.29, 0.717) is 37.7 Å². The topological polar surface area (TPSA) is 125 Å². The van der Waals surface area contributed by atoms with E-state index >= 15 is 0 Å². The van der Waals surface area contributed by atoms with Gasteiger partial charge in [-0.05, 0) is 112 Å². The van der Waals surface area contributed by atoms with Gasteiger partial charge in [-0.1, -0.05) is 20.8 Å². The summed E-state index contributed by atoms with van der Waals surface area (Å²) in [5.74, 6) is -1.26. The summed E-state index contributed by atoms with van der Waals surface area (Å²) in [5.41, 5.74) is -7.76. The van der Waals surface area contributed by atoms with Gasteiger partial charge in [-0.15, -0.1) is 0 Å². The Bertz CT molecular complexity index is 1240. The molecule has 0 spiro atoms. The van der Waals surface area contributed by atoms with Crippen LogP contribution < -0.4 is 0 Å². The zero-order valence-corrected chi connectivity index (χ0v) is 31.5. The fraction of sp³-hybridized carbons (Fsp3) is 0.889. The number of rotatable bonds is 9. The third kappa shape index (κ3) is 10.5. The summed E-state index contributed by atoms with van der Waals surface area (Å²) in [6, 6.07) is 0. The maximum atomic E-state index is 12.5. The van der Waals surface area contributed by atoms with Gasteiger partial charge in [0.2, 0.25) is 6.10 Å². The van der Waals surface area contributed by atoms with Gasteiger partial charge in [-0.2, -0.15) is 26.3 Å². The molecule has 1 aliphatic heterocycles. The van der Waals surface area contributed by atoms with Crippen LogP contribution in [0.1, 0.15) is 133 Å². The molecule has 1 heterocycles. The van der Waals surface area contributed by atoms with Gasteiger partial charge in [0.15, 0.2) is 0 Å². The van der Waals surface area contributed by atoms with Crippen molar-refractivity contribution in [2.75, 3.05) is 6.61 Å². The molecule has 5 aliphatic rings. The Morgan fingerprint density at radius 3 is 1.55 bits per heavy atom. The smallest absolute Gasteiger partial charge is 0.437 e. The van der Waals surface area contributed by atoms with Crippen molar-refractivity contribution in [2.24, 2.45) is 28.1 Å². The van der Waals surface area contributed by atoms with E-state index in [1.165, 1.54) is 27.2 Å². The summed E-state index contributed by atoms with van der Waals surface area (Å²) in [6.45, 7) is 15.5. The first-order valence-electron chi connectivity index (χ1n) is 17.6. The van der Waals surface area contributed by atoms with Gasteiger partial charge in [0, 0.05) is 12.8 Å². The summed E-state index contributed by atoms with van der Waals surface area (Å²) in [6.07, 6.45) is -4.48. The van der Waals surface area contributed by atoms with Crippen LogP contribution in [0.3, 0.4) is 0 Å². The summed E-state index contributed by atoms with van der Waals surface area (Å²) in [4.78, 5) is 46.4. The zero-order chi connectivity index (χ0) is 39.6. The molecule has 1 saturated heterocycles. The molecule has 15 heteroatoms. The number of esters is 4. The fourth-order valence-corrected chi connectivity index (χ4v) is 6.49. The molecule has 51 heavy (non-hydrogen) atoms. The minimum atomic E-state index is -5.73. The highest BCUT2D eigenvalue weighted by atomic mass is 19.4. The molecule has 5 fully saturated rings. The molecule has 4 saturated carbocycles. The second-order valence-electron chi connectivity index (χ2n) is 16.7. The molecule has 0 aromatic heterocycles. The molecule has 0 amide bonds. The van der Waals surface area contributed by atoms with Crippen LogP contribution in [0.2, 0.25) is 0 Å². The second kappa shape index (κ2) is 15.4. The molecule has 0 aromatic carbocycles. The highest BCUT2D eigenvalue weighted by Gasteiger charge is 2.71. The Hall–Kier alpha value is -2.58. The van der Waals surface area contributed by atoms with Crippen LogP contribution in [-0.4, -0.2) is 70.9 Å². The lowest BCUT2D eigenvalue weighted by molar-refractivity contribution is -0.364. The minimum Gasteiger partial charge on any atom is -0.463 e. The predicted octanol–water partition coefficient (Wildman–Crippen LogP) is 8.18. The van der Waals surface area contributed by atoms with Crippen LogP contribution in [0.4, 0.5) is 26.3 Å². The molecule has 0 radical (unpaired) electrons. The van der Waals surface area contributed by atoms with Crippen molar-refractivity contribution in [3.05, 3.63) is 0 Å². The lowest BCUT2D eigenvalue weighted by Gasteiger charge is -2.59. The van der Waals surface area contributed by atoms with E-state index in [-0.39, 0.29) is 30.9 Å². The molecular weight excluding hydrogens is 690 g/mol. The second-order valence-corrected chi connectivity index (χ2v) is 16.7. The monoisotopic (exact) mass is 746 g/mol. The van der Waals surface area contributed by atoms with E-state index < -0.39 is 57.8 Å². The molecule has 3 atom stereocenters. The van der Waals surface area contributed by atoms with Crippen molar-refractivity contribution in [1.29, 1.82) is 0 Å². The Morgan fingerprint density at radius 2 is 1.18 bits per heavy atom. The fourth-order valence-electron chi connectivity index (χ4n) is 6.49. The number of carbonyl (C=O) groups excluding carboxylic acids is 4. The van der Waals surface area contributed by atoms with Crippen molar-refractivity contribution >= 4 is 23.9 Å². The number of halogens is 6. The summed E-state index contributed by atoms with van der Waals surface area (Å²) >= 11 is 0. The van der Waals surface area contributed by atoms with Gasteiger partial charge >= 0.3 is 36.2 Å². The van der Waals surface area contributed by atoms with Crippen molar-refractivity contribution in [3.63, 3.8) is 0 Å². The SMILES string of the molecule is CCC(C)(C)C(=O)OC(C)(C(F)(F)F)C(F)(F)F.CCC(C)(C)C(=O)OC12CC3CC(CC(O)(C3)C1)C2.CCC(C)(C)C(=O)OC1CCOC1=O. The number of aliphatic hydroxyl groups is 1. The lowest BCUT2D eigenvalue weighted by atomic mass is 9.52. The van der Waals surface area contributed by atoms with E-state index in [1.54, 1.807) is 13.8 Å². The Kier molecular flexibility index (Phi) is 13.5. The highest BCUT2D eigenvalue weighted by molar-refractivity contribution is 5.82. The van der Waals surface area contributed by atoms with Crippen LogP contribution in [0, 0.1) is 28.1 Å². The molecule has 1 N–H and O–H groups in total. The molecule has 0 aromatic rings. The van der Waals surface area contributed by atoms with Crippen molar-refractivity contribution in [1.82, 2.24) is 0 Å². The first-order chi connectivity index (χ1) is 22.9. The normalized spacial score (nSPS) is 27.7. The first-order valence-corrected chi connectivity index (χ1v) is 17.6. The highest BCUT2D eigenvalue weighted by Crippen LogP contribution is 2.59. The molecule has 9 nitrogen and oxygen atoms in total. The Balaban J connectivity index is 0.000000269. The molecule has 5 rings (SSSR count). The number of alkyl halides is 6. The summed E-state index contributed by atoms with van der Waals surface area (Å²) in [5, 5.41) is 10.6. The Morgan fingerprint density at radius 1 is 0.745 bits per heavy atom. The number of cyclic esters (lactones) is 1. The lowest BCUT2D eigenvalue weighted by Crippen LogP contribution is -2.61. The average molecular weight is 747 g/mol. The van der Waals surface area contributed by atoms with Crippen LogP contribution in [0.25, 0.3) is 0 Å². The maximum absolute atomic E-state index is 12.5. The van der Waals surface area contributed by atoms with E-state index in [1.807, 2.05) is 27.7 Å². The molecule has 4 aliphatic carbocycles. The van der Waals surface area contributed by atoms with Crippen molar-refractivity contribution < 1.29 is 69.6 Å². The van der Waals surface area contributed by atoms with Gasteiger partial charge in [0.1, 0.15) is 5.60 Å². The third-order valence-corrected chi connectivity index (χ3v) is 11.1. The van der Waals surface area contributed by atoms with Crippen LogP contribution in [0.5, 0.6) is 0 Å². The quantitative estimate of drug-likeness (QED) is 0.141. The van der Waals surface area contributed by atoms with Gasteiger partial charge < -0.3 is 24.1 Å². The molecule has 4 bridgehead atoms. The van der Waals surface area contributed by atoms with Crippen molar-refractivity contribution in [2.45, 2.75) is 169 Å². The summed E-state index contributed by atoms with van der Waals surface area (Å²) in [7, 11) is 0. The number of hydrogen-bond donors (Lipinski definition) is 1.